The van der Waals surface area contributed by atoms with Crippen LogP contribution in [0.2, 0.25) is 0 Å². The third-order valence-electron chi connectivity index (χ3n) is 4.43. The molecule has 1 aromatic heterocycles. The van der Waals surface area contributed by atoms with Gasteiger partial charge < -0.3 is 5.32 Å². The Bertz CT molecular complexity index is 1090. The molecular weight excluding hydrogens is 426 g/mol. The number of rotatable bonds is 8. The highest BCUT2D eigenvalue weighted by molar-refractivity contribution is 8.01. The zero-order chi connectivity index (χ0) is 21.0. The number of aromatic nitrogens is 1. The van der Waals surface area contributed by atoms with E-state index in [1.807, 2.05) is 31.2 Å². The van der Waals surface area contributed by atoms with Gasteiger partial charge in [0.2, 0.25) is 15.9 Å². The largest absolute Gasteiger partial charge is 0.325 e. The minimum absolute atomic E-state index is 0.181. The molecule has 6 nitrogen and oxygen atoms in total. The summed E-state index contributed by atoms with van der Waals surface area (Å²) in [7, 11) is -3.58. The second-order valence-corrected chi connectivity index (χ2v) is 10.5. The van der Waals surface area contributed by atoms with Crippen molar-refractivity contribution in [3.8, 4) is 0 Å². The second-order valence-electron chi connectivity index (χ2n) is 6.35. The molecule has 3 aromatic rings. The van der Waals surface area contributed by atoms with E-state index in [0.29, 0.717) is 18.8 Å². The summed E-state index contributed by atoms with van der Waals surface area (Å²) in [5, 5.41) is 2.84. The fourth-order valence-electron chi connectivity index (χ4n) is 2.84. The van der Waals surface area contributed by atoms with E-state index in [4.69, 9.17) is 0 Å². The molecule has 0 spiro atoms. The van der Waals surface area contributed by atoms with Gasteiger partial charge in [-0.1, -0.05) is 43.8 Å². The van der Waals surface area contributed by atoms with Crippen molar-refractivity contribution in [1.29, 1.82) is 0 Å². The summed E-state index contributed by atoms with van der Waals surface area (Å²) in [5.41, 5.74) is 2.24. The van der Waals surface area contributed by atoms with Crippen LogP contribution in [0.3, 0.4) is 0 Å². The van der Waals surface area contributed by atoms with Crippen LogP contribution in [0, 0.1) is 6.92 Å². The standard InChI is InChI=1S/C20H23N3O3S3/c1-4-23(5-2)29(25,26)15-11-10-14(3)17(12-15)21-19(24)13-27-20-22-16-8-6-7-9-18(16)28-20/h6-12H,4-5,13H2,1-3H3,(H,21,24). The molecule has 0 aliphatic rings. The molecule has 1 heterocycles. The van der Waals surface area contributed by atoms with Gasteiger partial charge >= 0.3 is 0 Å². The lowest BCUT2D eigenvalue weighted by molar-refractivity contribution is -0.113. The first-order valence-electron chi connectivity index (χ1n) is 9.24. The number of aryl methyl sites for hydroxylation is 1. The number of carbonyl (C=O) groups is 1. The van der Waals surface area contributed by atoms with Crippen LogP contribution in [0.15, 0.2) is 51.7 Å². The highest BCUT2D eigenvalue weighted by Crippen LogP contribution is 2.29. The van der Waals surface area contributed by atoms with Crippen LogP contribution in [0.1, 0.15) is 19.4 Å². The minimum Gasteiger partial charge on any atom is -0.325 e. The molecule has 0 saturated carbocycles. The number of carbonyl (C=O) groups excluding carboxylic acids is 1. The van der Waals surface area contributed by atoms with E-state index < -0.39 is 10.0 Å². The average molecular weight is 450 g/mol. The molecule has 29 heavy (non-hydrogen) atoms. The molecule has 0 atom stereocenters. The molecule has 3 rings (SSSR count). The van der Waals surface area contributed by atoms with Crippen molar-refractivity contribution >= 4 is 54.9 Å². The lowest BCUT2D eigenvalue weighted by Crippen LogP contribution is -2.30. The van der Waals surface area contributed by atoms with Crippen molar-refractivity contribution in [2.75, 3.05) is 24.2 Å². The molecule has 154 valence electrons. The fraction of sp³-hybridized carbons (Fsp3) is 0.300. The van der Waals surface area contributed by atoms with Gasteiger partial charge in [0.05, 0.1) is 20.9 Å². The predicted molar refractivity (Wildman–Crippen MR) is 120 cm³/mol. The van der Waals surface area contributed by atoms with Gasteiger partial charge in [0.15, 0.2) is 4.34 Å². The van der Waals surface area contributed by atoms with Crippen LogP contribution in [0.25, 0.3) is 10.2 Å². The molecule has 1 N–H and O–H groups in total. The van der Waals surface area contributed by atoms with E-state index in [9.17, 15) is 13.2 Å². The van der Waals surface area contributed by atoms with Crippen molar-refractivity contribution in [2.24, 2.45) is 0 Å². The number of amides is 1. The second kappa shape index (κ2) is 9.25. The molecule has 0 fully saturated rings. The number of hydrogen-bond acceptors (Lipinski definition) is 6. The van der Waals surface area contributed by atoms with Crippen LogP contribution >= 0.6 is 23.1 Å². The summed E-state index contributed by atoms with van der Waals surface area (Å²) >= 11 is 2.92. The van der Waals surface area contributed by atoms with Gasteiger partial charge in [-0.3, -0.25) is 4.79 Å². The van der Waals surface area contributed by atoms with Crippen LogP contribution in [0.4, 0.5) is 5.69 Å². The Balaban J connectivity index is 1.71. The number of sulfonamides is 1. The van der Waals surface area contributed by atoms with Crippen LogP contribution in [-0.2, 0) is 14.8 Å². The van der Waals surface area contributed by atoms with Crippen molar-refractivity contribution < 1.29 is 13.2 Å². The maximum absolute atomic E-state index is 12.7. The van der Waals surface area contributed by atoms with Gasteiger partial charge in [-0.15, -0.1) is 11.3 Å². The van der Waals surface area contributed by atoms with Gasteiger partial charge in [0.25, 0.3) is 0 Å². The molecule has 1 amide bonds. The number of thiazole rings is 1. The lowest BCUT2D eigenvalue weighted by Gasteiger charge is -2.19. The Labute approximate surface area is 179 Å². The third-order valence-corrected chi connectivity index (χ3v) is 8.65. The molecular formula is C20H23N3O3S3. The number of hydrogen-bond donors (Lipinski definition) is 1. The first-order chi connectivity index (χ1) is 13.8. The Kier molecular flexibility index (Phi) is 6.94. The van der Waals surface area contributed by atoms with Crippen LogP contribution in [-0.4, -0.2) is 42.5 Å². The Hall–Kier alpha value is -1.94. The van der Waals surface area contributed by atoms with E-state index >= 15 is 0 Å². The number of benzene rings is 2. The van der Waals surface area contributed by atoms with Crippen molar-refractivity contribution in [3.63, 3.8) is 0 Å². The smallest absolute Gasteiger partial charge is 0.243 e. The SMILES string of the molecule is CCN(CC)S(=O)(=O)c1ccc(C)c(NC(=O)CSc2nc3ccccc3s2)c1. The molecule has 0 aliphatic carbocycles. The average Bonchev–Trinajstić information content (AvgIpc) is 3.12. The zero-order valence-electron chi connectivity index (χ0n) is 16.5. The number of anilines is 1. The molecule has 2 aromatic carbocycles. The molecule has 0 radical (unpaired) electrons. The topological polar surface area (TPSA) is 79.4 Å². The fourth-order valence-corrected chi connectivity index (χ4v) is 6.19. The monoisotopic (exact) mass is 449 g/mol. The molecule has 0 aliphatic heterocycles. The third kappa shape index (κ3) is 4.98. The molecule has 0 bridgehead atoms. The van der Waals surface area contributed by atoms with Gasteiger partial charge in [-0.25, -0.2) is 13.4 Å². The zero-order valence-corrected chi connectivity index (χ0v) is 19.0. The van der Waals surface area contributed by atoms with E-state index in [1.54, 1.807) is 37.3 Å². The minimum atomic E-state index is -3.58. The summed E-state index contributed by atoms with van der Waals surface area (Å²) in [6.07, 6.45) is 0. The number of fused-ring (bicyclic) bond motifs is 1. The van der Waals surface area contributed by atoms with Gasteiger partial charge in [0.1, 0.15) is 0 Å². The van der Waals surface area contributed by atoms with Crippen molar-refractivity contribution in [2.45, 2.75) is 30.0 Å². The van der Waals surface area contributed by atoms with E-state index in [-0.39, 0.29) is 16.6 Å². The van der Waals surface area contributed by atoms with Crippen LogP contribution in [0.5, 0.6) is 0 Å². The highest BCUT2D eigenvalue weighted by atomic mass is 32.2. The van der Waals surface area contributed by atoms with Crippen LogP contribution < -0.4 is 5.32 Å². The normalized spacial score (nSPS) is 11.9. The van der Waals surface area contributed by atoms with E-state index in [1.165, 1.54) is 22.1 Å². The number of thioether (sulfide) groups is 1. The predicted octanol–water partition coefficient (Wildman–Crippen LogP) is 4.37. The summed E-state index contributed by atoms with van der Waals surface area (Å²) in [6, 6.07) is 12.7. The first kappa shape index (κ1) is 21.8. The number of para-hydroxylation sites is 1. The molecule has 0 unspecified atom stereocenters. The summed E-state index contributed by atoms with van der Waals surface area (Å²) in [5.74, 6) is 0.00137. The maximum atomic E-state index is 12.7. The molecule has 0 saturated heterocycles. The van der Waals surface area contributed by atoms with Gasteiger partial charge in [0, 0.05) is 18.8 Å². The highest BCUT2D eigenvalue weighted by Gasteiger charge is 2.22. The van der Waals surface area contributed by atoms with Gasteiger partial charge in [-0.2, -0.15) is 4.31 Å². The number of nitrogens with zero attached hydrogens (tertiary/aromatic N) is 2. The molecule has 9 heteroatoms. The Morgan fingerprint density at radius 1 is 1.17 bits per heavy atom. The van der Waals surface area contributed by atoms with Crippen molar-refractivity contribution in [3.05, 3.63) is 48.0 Å². The van der Waals surface area contributed by atoms with E-state index in [2.05, 4.69) is 10.3 Å². The van der Waals surface area contributed by atoms with Crippen molar-refractivity contribution in [1.82, 2.24) is 9.29 Å². The first-order valence-corrected chi connectivity index (χ1v) is 12.5. The lowest BCUT2D eigenvalue weighted by atomic mass is 10.2. The quantitative estimate of drug-likeness (QED) is 0.517. The Morgan fingerprint density at radius 2 is 1.90 bits per heavy atom. The number of nitrogens with one attached hydrogen (secondary N) is 1. The van der Waals surface area contributed by atoms with E-state index in [0.717, 1.165) is 20.1 Å². The summed E-state index contributed by atoms with van der Waals surface area (Å²) < 4.78 is 28.8. The Morgan fingerprint density at radius 3 is 2.59 bits per heavy atom. The maximum Gasteiger partial charge on any atom is 0.243 e. The summed E-state index contributed by atoms with van der Waals surface area (Å²) in [4.78, 5) is 17.1. The van der Waals surface area contributed by atoms with Gasteiger partial charge in [-0.05, 0) is 36.8 Å². The summed E-state index contributed by atoms with van der Waals surface area (Å²) in [6.45, 7) is 6.24.